The minimum Gasteiger partial charge on any atom is -0.399 e. The summed E-state index contributed by atoms with van der Waals surface area (Å²) >= 11 is 5.27. The van der Waals surface area contributed by atoms with Crippen molar-refractivity contribution in [2.45, 2.75) is 24.2 Å². The lowest BCUT2D eigenvalue weighted by Gasteiger charge is -2.04. The Morgan fingerprint density at radius 1 is 1.40 bits per heavy atom. The zero-order valence-corrected chi connectivity index (χ0v) is 10.8. The van der Waals surface area contributed by atoms with Crippen molar-refractivity contribution < 1.29 is 0 Å². The highest BCUT2D eigenvalue weighted by Crippen LogP contribution is 2.29. The number of benzene rings is 1. The van der Waals surface area contributed by atoms with Crippen molar-refractivity contribution in [2.24, 2.45) is 0 Å². The maximum absolute atomic E-state index is 8.38. The molecule has 0 fully saturated rings. The van der Waals surface area contributed by atoms with Crippen LogP contribution >= 0.6 is 27.7 Å². The van der Waals surface area contributed by atoms with E-state index in [9.17, 15) is 0 Å². The second kappa shape index (κ2) is 6.76. The molecular weight excluding hydrogens is 272 g/mol. The third kappa shape index (κ3) is 4.59. The average Bonchev–Trinajstić information content (AvgIpc) is 2.20. The van der Waals surface area contributed by atoms with E-state index < -0.39 is 0 Å². The normalized spacial score (nSPS) is 9.87. The van der Waals surface area contributed by atoms with E-state index in [1.807, 2.05) is 18.2 Å². The molecule has 1 aromatic rings. The van der Waals surface area contributed by atoms with Crippen LogP contribution in [0.5, 0.6) is 0 Å². The largest absolute Gasteiger partial charge is 0.399 e. The van der Waals surface area contributed by atoms with Crippen LogP contribution in [0, 0.1) is 11.3 Å². The van der Waals surface area contributed by atoms with E-state index in [0.29, 0.717) is 6.42 Å². The van der Waals surface area contributed by atoms with Crippen molar-refractivity contribution >= 4 is 33.4 Å². The van der Waals surface area contributed by atoms with Gasteiger partial charge < -0.3 is 5.73 Å². The van der Waals surface area contributed by atoms with E-state index in [0.717, 1.165) is 28.8 Å². The molecule has 0 unspecified atom stereocenters. The fraction of sp³-hybridized carbons (Fsp3) is 0.364. The second-order valence-electron chi connectivity index (χ2n) is 3.15. The van der Waals surface area contributed by atoms with Crippen LogP contribution in [0.2, 0.25) is 0 Å². The summed E-state index contributed by atoms with van der Waals surface area (Å²) in [5.41, 5.74) is 6.42. The lowest BCUT2D eigenvalue weighted by Crippen LogP contribution is -1.86. The number of hydrogen-bond donors (Lipinski definition) is 1. The maximum atomic E-state index is 8.38. The van der Waals surface area contributed by atoms with Crippen LogP contribution in [0.25, 0.3) is 0 Å². The number of anilines is 1. The number of unbranched alkanes of at least 4 members (excludes halogenated alkanes) is 2. The molecular formula is C11H13BrN2S. The molecule has 0 aliphatic rings. The molecule has 0 aromatic heterocycles. The van der Waals surface area contributed by atoms with Gasteiger partial charge in [-0.15, -0.1) is 11.8 Å². The van der Waals surface area contributed by atoms with Crippen molar-refractivity contribution in [2.75, 3.05) is 11.5 Å². The highest BCUT2D eigenvalue weighted by atomic mass is 79.9. The summed E-state index contributed by atoms with van der Waals surface area (Å²) in [5.74, 6) is 1.05. The Balaban J connectivity index is 2.35. The van der Waals surface area contributed by atoms with Gasteiger partial charge in [0.15, 0.2) is 0 Å². The number of nitrogens with zero attached hydrogens (tertiary/aromatic N) is 1. The molecule has 0 bridgehead atoms. The van der Waals surface area contributed by atoms with Crippen LogP contribution in [-0.4, -0.2) is 5.75 Å². The van der Waals surface area contributed by atoms with E-state index in [1.165, 1.54) is 4.90 Å². The fourth-order valence-corrected chi connectivity index (χ4v) is 2.79. The molecule has 0 amide bonds. The quantitative estimate of drug-likeness (QED) is 0.508. The van der Waals surface area contributed by atoms with E-state index >= 15 is 0 Å². The molecule has 0 saturated carbocycles. The van der Waals surface area contributed by atoms with E-state index in [1.54, 1.807) is 11.8 Å². The van der Waals surface area contributed by atoms with Crippen molar-refractivity contribution in [1.29, 1.82) is 5.26 Å². The number of nitrogen functional groups attached to an aromatic ring is 1. The van der Waals surface area contributed by atoms with Crippen LogP contribution in [0.1, 0.15) is 19.3 Å². The number of hydrogen-bond acceptors (Lipinski definition) is 3. The third-order valence-electron chi connectivity index (χ3n) is 1.90. The zero-order valence-electron chi connectivity index (χ0n) is 8.37. The highest BCUT2D eigenvalue weighted by molar-refractivity contribution is 9.10. The molecule has 0 radical (unpaired) electrons. The molecule has 0 spiro atoms. The van der Waals surface area contributed by atoms with Gasteiger partial charge in [-0.25, -0.2) is 0 Å². The first-order valence-corrected chi connectivity index (χ1v) is 6.56. The van der Waals surface area contributed by atoms with Gasteiger partial charge >= 0.3 is 0 Å². The summed E-state index contributed by atoms with van der Waals surface area (Å²) in [6.07, 6.45) is 2.72. The van der Waals surface area contributed by atoms with Crippen LogP contribution in [0.15, 0.2) is 27.6 Å². The summed E-state index contributed by atoms with van der Waals surface area (Å²) in [4.78, 5) is 1.21. The van der Waals surface area contributed by atoms with Gasteiger partial charge in [0, 0.05) is 21.5 Å². The van der Waals surface area contributed by atoms with Crippen molar-refractivity contribution in [1.82, 2.24) is 0 Å². The lowest BCUT2D eigenvalue weighted by atomic mass is 10.3. The van der Waals surface area contributed by atoms with Gasteiger partial charge in [-0.2, -0.15) is 5.26 Å². The Morgan fingerprint density at radius 2 is 2.20 bits per heavy atom. The Bertz CT molecular complexity index is 360. The number of nitriles is 1. The maximum Gasteiger partial charge on any atom is 0.0621 e. The van der Waals surface area contributed by atoms with Crippen LogP contribution in [0.4, 0.5) is 5.69 Å². The molecule has 1 rings (SSSR count). The average molecular weight is 285 g/mol. The van der Waals surface area contributed by atoms with Crippen LogP contribution < -0.4 is 5.73 Å². The summed E-state index contributed by atoms with van der Waals surface area (Å²) in [6, 6.07) is 7.99. The van der Waals surface area contributed by atoms with E-state index in [4.69, 9.17) is 11.0 Å². The number of nitrogens with two attached hydrogens (primary N) is 1. The number of halogens is 1. The van der Waals surface area contributed by atoms with Crippen molar-refractivity contribution in [3.8, 4) is 6.07 Å². The van der Waals surface area contributed by atoms with E-state index in [-0.39, 0.29) is 0 Å². The number of thioether (sulfide) groups is 1. The predicted octanol–water partition coefficient (Wildman–Crippen LogP) is 3.82. The first-order valence-electron chi connectivity index (χ1n) is 4.79. The van der Waals surface area contributed by atoms with Gasteiger partial charge in [0.05, 0.1) is 6.07 Å². The fourth-order valence-electron chi connectivity index (χ4n) is 1.12. The van der Waals surface area contributed by atoms with Gasteiger partial charge in [0.25, 0.3) is 0 Å². The van der Waals surface area contributed by atoms with E-state index in [2.05, 4.69) is 22.0 Å². The SMILES string of the molecule is N#CCCCCSc1ccc(N)cc1Br. The molecule has 2 nitrogen and oxygen atoms in total. The van der Waals surface area contributed by atoms with Crippen LogP contribution in [0.3, 0.4) is 0 Å². The monoisotopic (exact) mass is 284 g/mol. The molecule has 2 N–H and O–H groups in total. The molecule has 0 heterocycles. The van der Waals surface area contributed by atoms with Gasteiger partial charge in [0.1, 0.15) is 0 Å². The Labute approximate surface area is 103 Å². The first kappa shape index (κ1) is 12.4. The predicted molar refractivity (Wildman–Crippen MR) is 68.7 cm³/mol. The van der Waals surface area contributed by atoms with Crippen molar-refractivity contribution in [3.63, 3.8) is 0 Å². The van der Waals surface area contributed by atoms with Gasteiger partial charge in [-0.1, -0.05) is 0 Å². The molecule has 0 aliphatic heterocycles. The topological polar surface area (TPSA) is 49.8 Å². The summed E-state index contributed by atoms with van der Waals surface area (Å²) < 4.78 is 1.05. The molecule has 4 heteroatoms. The zero-order chi connectivity index (χ0) is 11.1. The minimum absolute atomic E-state index is 0.656. The van der Waals surface area contributed by atoms with Crippen LogP contribution in [-0.2, 0) is 0 Å². The second-order valence-corrected chi connectivity index (χ2v) is 5.14. The first-order chi connectivity index (χ1) is 7.24. The highest BCUT2D eigenvalue weighted by Gasteiger charge is 2.00. The smallest absolute Gasteiger partial charge is 0.0621 e. The Hall–Kier alpha value is -0.660. The third-order valence-corrected chi connectivity index (χ3v) is 3.97. The minimum atomic E-state index is 0.656. The molecule has 80 valence electrons. The summed E-state index contributed by atoms with van der Waals surface area (Å²) in [6.45, 7) is 0. The lowest BCUT2D eigenvalue weighted by molar-refractivity contribution is 0.830. The molecule has 0 saturated heterocycles. The Morgan fingerprint density at radius 3 is 2.87 bits per heavy atom. The summed E-state index contributed by atoms with van der Waals surface area (Å²) in [5, 5.41) is 8.38. The molecule has 0 atom stereocenters. The molecule has 0 aliphatic carbocycles. The number of rotatable bonds is 5. The summed E-state index contributed by atoms with van der Waals surface area (Å²) in [7, 11) is 0. The van der Waals surface area contributed by atoms with Crippen molar-refractivity contribution in [3.05, 3.63) is 22.7 Å². The molecule has 1 aromatic carbocycles. The Kier molecular flexibility index (Phi) is 5.59. The van der Waals surface area contributed by atoms with Gasteiger partial charge in [0.2, 0.25) is 0 Å². The van der Waals surface area contributed by atoms with Gasteiger partial charge in [-0.05, 0) is 52.7 Å². The van der Waals surface area contributed by atoms with Gasteiger partial charge in [-0.3, -0.25) is 0 Å². The molecule has 15 heavy (non-hydrogen) atoms. The standard InChI is InChI=1S/C11H13BrN2S/c12-10-8-9(14)4-5-11(10)15-7-3-1-2-6-13/h4-5,8H,1-3,7,14H2.